The molecule has 0 spiro atoms. The van der Waals surface area contributed by atoms with Gasteiger partial charge in [0, 0.05) is 13.1 Å². The highest BCUT2D eigenvalue weighted by atomic mass is 14.8. The van der Waals surface area contributed by atoms with E-state index in [0.717, 1.165) is 0 Å². The summed E-state index contributed by atoms with van der Waals surface area (Å²) in [6.45, 7) is 0. The van der Waals surface area contributed by atoms with Crippen molar-refractivity contribution in [2.45, 2.75) is 0 Å². The number of allylic oxidation sites excluding steroid dienone is 3. The summed E-state index contributed by atoms with van der Waals surface area (Å²) in [5.41, 5.74) is 0. The van der Waals surface area contributed by atoms with Gasteiger partial charge in [-0.15, -0.1) is 0 Å². The highest BCUT2D eigenvalue weighted by molar-refractivity contribution is 5.65. The van der Waals surface area contributed by atoms with Gasteiger partial charge in [-0.25, -0.2) is 0 Å². The van der Waals surface area contributed by atoms with Crippen LogP contribution >= 0.6 is 0 Å². The predicted molar refractivity (Wildman–Crippen MR) is 40.3 cm³/mol. The Labute approximate surface area is 56.0 Å². The molecule has 50 valence electrons. The third-order valence-corrected chi connectivity index (χ3v) is 0.748. The van der Waals surface area contributed by atoms with Crippen LogP contribution in [0.15, 0.2) is 24.4 Å². The fourth-order valence-corrected chi connectivity index (χ4v) is 0.368. The summed E-state index contributed by atoms with van der Waals surface area (Å²) in [6.07, 6.45) is 9.51. The Kier molecular flexibility index (Phi) is 6.14. The highest BCUT2D eigenvalue weighted by Crippen LogP contribution is 1.68. The molecule has 0 unspecified atom stereocenters. The summed E-state index contributed by atoms with van der Waals surface area (Å²) in [5, 5.41) is 2.88. The third-order valence-electron chi connectivity index (χ3n) is 0.748. The van der Waals surface area contributed by atoms with Gasteiger partial charge in [0.1, 0.15) is 7.05 Å². The van der Waals surface area contributed by atoms with Crippen LogP contribution in [0.1, 0.15) is 0 Å². The van der Waals surface area contributed by atoms with Gasteiger partial charge < -0.3 is 5.32 Å². The molecular formula is C7H13N2+. The van der Waals surface area contributed by atoms with Crippen LogP contribution in [0.5, 0.6) is 0 Å². The molecule has 2 heteroatoms. The molecule has 0 aromatic rings. The molecule has 0 bridgehead atoms. The lowest BCUT2D eigenvalue weighted by Gasteiger charge is -1.77. The zero-order valence-electron chi connectivity index (χ0n) is 5.89. The largest absolute Gasteiger partial charge is 0.394 e. The second-order valence-corrected chi connectivity index (χ2v) is 1.49. The lowest BCUT2D eigenvalue weighted by atomic mass is 10.5. The van der Waals surface area contributed by atoms with E-state index in [1.54, 1.807) is 0 Å². The van der Waals surface area contributed by atoms with E-state index in [-0.39, 0.29) is 0 Å². The van der Waals surface area contributed by atoms with Gasteiger partial charge in [0.25, 0.3) is 0 Å². The summed E-state index contributed by atoms with van der Waals surface area (Å²) in [6, 6.07) is 0. The van der Waals surface area contributed by atoms with Crippen LogP contribution in [-0.2, 0) is 0 Å². The zero-order chi connectivity index (χ0) is 6.95. The van der Waals surface area contributed by atoms with Crippen molar-refractivity contribution in [2.24, 2.45) is 0 Å². The Morgan fingerprint density at radius 3 is 2.56 bits per heavy atom. The van der Waals surface area contributed by atoms with Crippen LogP contribution in [0.3, 0.4) is 0 Å². The topological polar surface area (TPSA) is 26.0 Å². The molecule has 0 aliphatic heterocycles. The normalized spacial score (nSPS) is 12.2. The summed E-state index contributed by atoms with van der Waals surface area (Å²) in [5.74, 6) is 0. The van der Waals surface area contributed by atoms with Crippen LogP contribution in [0.4, 0.5) is 0 Å². The molecule has 0 saturated heterocycles. The molecule has 9 heavy (non-hydrogen) atoms. The van der Waals surface area contributed by atoms with Crippen LogP contribution in [0, 0.1) is 0 Å². The molecular weight excluding hydrogens is 112 g/mol. The first kappa shape index (κ1) is 7.95. The van der Waals surface area contributed by atoms with Crippen LogP contribution < -0.4 is 10.3 Å². The molecule has 0 aromatic heterocycles. The first-order valence-corrected chi connectivity index (χ1v) is 2.91. The van der Waals surface area contributed by atoms with E-state index in [4.69, 9.17) is 0 Å². The maximum atomic E-state index is 2.88. The smallest absolute Gasteiger partial charge is 0.161 e. The average Bonchev–Trinajstić information content (AvgIpc) is 1.89. The van der Waals surface area contributed by atoms with Gasteiger partial charge in [0.15, 0.2) is 6.21 Å². The lowest BCUT2D eigenvalue weighted by Crippen LogP contribution is -2.62. The van der Waals surface area contributed by atoms with Crippen LogP contribution in [0.25, 0.3) is 0 Å². The molecule has 0 amide bonds. The first-order chi connectivity index (χ1) is 4.41. The van der Waals surface area contributed by atoms with Gasteiger partial charge in [-0.3, -0.25) is 4.99 Å². The van der Waals surface area contributed by atoms with Gasteiger partial charge in [0.2, 0.25) is 0 Å². The molecule has 0 rings (SSSR count). The molecule has 0 saturated carbocycles. The van der Waals surface area contributed by atoms with E-state index in [1.165, 1.54) is 0 Å². The molecule has 0 aromatic carbocycles. The van der Waals surface area contributed by atoms with Crippen molar-refractivity contribution in [3.8, 4) is 0 Å². The molecule has 2 N–H and O–H groups in total. The highest BCUT2D eigenvalue weighted by Gasteiger charge is 1.62. The SMILES string of the molecule is CNC=CC=CC=[NH+]C. The van der Waals surface area contributed by atoms with Crippen molar-refractivity contribution in [3.05, 3.63) is 24.4 Å². The summed E-state index contributed by atoms with van der Waals surface area (Å²) >= 11 is 0. The summed E-state index contributed by atoms with van der Waals surface area (Å²) in [7, 11) is 3.73. The molecule has 0 aliphatic rings. The fourth-order valence-electron chi connectivity index (χ4n) is 0.368. The Bertz CT molecular complexity index is 123. The second kappa shape index (κ2) is 6.95. The number of rotatable bonds is 3. The quantitative estimate of drug-likeness (QED) is 0.369. The minimum Gasteiger partial charge on any atom is -0.394 e. The van der Waals surface area contributed by atoms with Crippen molar-refractivity contribution in [3.63, 3.8) is 0 Å². The van der Waals surface area contributed by atoms with E-state index in [9.17, 15) is 0 Å². The van der Waals surface area contributed by atoms with Crippen LogP contribution in [0.2, 0.25) is 0 Å². The van der Waals surface area contributed by atoms with E-state index in [2.05, 4.69) is 10.3 Å². The second-order valence-electron chi connectivity index (χ2n) is 1.49. The van der Waals surface area contributed by atoms with E-state index in [0.29, 0.717) is 0 Å². The van der Waals surface area contributed by atoms with Crippen molar-refractivity contribution in [2.75, 3.05) is 14.1 Å². The minimum absolute atomic E-state index is 1.86. The standard InChI is InChI=1S/C7H12N2/c1-8-6-4-3-5-7-9-2/h3-8H,1-2H3/p+1. The molecule has 0 atom stereocenters. The van der Waals surface area contributed by atoms with Gasteiger partial charge in [-0.2, -0.15) is 0 Å². The molecule has 0 aliphatic carbocycles. The molecule has 0 heterocycles. The Balaban J connectivity index is 3.35. The fraction of sp³-hybridized carbons (Fsp3) is 0.286. The average molecular weight is 125 g/mol. The maximum absolute atomic E-state index is 2.88. The Hall–Kier alpha value is -1.05. The van der Waals surface area contributed by atoms with Crippen molar-refractivity contribution in [1.82, 2.24) is 5.32 Å². The van der Waals surface area contributed by atoms with E-state index < -0.39 is 0 Å². The first-order valence-electron chi connectivity index (χ1n) is 2.91. The summed E-state index contributed by atoms with van der Waals surface area (Å²) in [4.78, 5) is 2.88. The van der Waals surface area contributed by atoms with Crippen LogP contribution in [-0.4, -0.2) is 20.3 Å². The van der Waals surface area contributed by atoms with Crippen molar-refractivity contribution >= 4 is 6.21 Å². The maximum Gasteiger partial charge on any atom is 0.161 e. The van der Waals surface area contributed by atoms with E-state index in [1.807, 2.05) is 44.7 Å². The minimum atomic E-state index is 1.86. The number of nitrogens with one attached hydrogen (secondary N) is 2. The number of hydrogen-bond acceptors (Lipinski definition) is 1. The summed E-state index contributed by atoms with van der Waals surface area (Å²) < 4.78 is 0. The van der Waals surface area contributed by atoms with E-state index >= 15 is 0 Å². The monoisotopic (exact) mass is 125 g/mol. The van der Waals surface area contributed by atoms with Gasteiger partial charge >= 0.3 is 0 Å². The lowest BCUT2D eigenvalue weighted by molar-refractivity contribution is -0.413. The Morgan fingerprint density at radius 1 is 1.22 bits per heavy atom. The molecule has 0 radical (unpaired) electrons. The van der Waals surface area contributed by atoms with Gasteiger partial charge in [-0.1, -0.05) is 6.08 Å². The van der Waals surface area contributed by atoms with Gasteiger partial charge in [-0.05, 0) is 12.3 Å². The van der Waals surface area contributed by atoms with Gasteiger partial charge in [0.05, 0.1) is 0 Å². The van der Waals surface area contributed by atoms with Crippen molar-refractivity contribution in [1.29, 1.82) is 0 Å². The number of hydrogen-bond donors (Lipinski definition) is 2. The Morgan fingerprint density at radius 2 is 2.00 bits per heavy atom. The molecule has 0 fully saturated rings. The zero-order valence-corrected chi connectivity index (χ0v) is 5.89. The predicted octanol–water partition coefficient (Wildman–Crippen LogP) is -0.943. The molecule has 2 nitrogen and oxygen atoms in total. The third kappa shape index (κ3) is 6.95. The van der Waals surface area contributed by atoms with Crippen molar-refractivity contribution < 1.29 is 4.99 Å².